The summed E-state index contributed by atoms with van der Waals surface area (Å²) in [4.78, 5) is 0. The van der Waals surface area contributed by atoms with Crippen LogP contribution in [0.1, 0.15) is 30.1 Å². The highest BCUT2D eigenvalue weighted by Crippen LogP contribution is 2.23. The minimum absolute atomic E-state index is 0.417. The van der Waals surface area contributed by atoms with Crippen molar-refractivity contribution < 1.29 is 4.74 Å². The Balaban J connectivity index is 1.74. The number of fused-ring (bicyclic) bond motifs is 1. The lowest BCUT2D eigenvalue weighted by Crippen LogP contribution is -2.14. The molecular formula is C14H18N4O. The van der Waals surface area contributed by atoms with E-state index in [1.165, 1.54) is 12.8 Å². The van der Waals surface area contributed by atoms with Gasteiger partial charge in [0.05, 0.1) is 5.69 Å². The number of anilines is 1. The molecule has 5 nitrogen and oxygen atoms in total. The van der Waals surface area contributed by atoms with Crippen LogP contribution in [0.25, 0.3) is 0 Å². The smallest absolute Gasteiger partial charge is 0.171 e. The molecule has 1 aromatic heterocycles. The van der Waals surface area contributed by atoms with Crippen molar-refractivity contribution in [2.45, 2.75) is 39.3 Å². The largest absolute Gasteiger partial charge is 0.483 e. The van der Waals surface area contributed by atoms with Crippen molar-refractivity contribution in [2.24, 2.45) is 0 Å². The van der Waals surface area contributed by atoms with Gasteiger partial charge in [-0.25, -0.2) is 0 Å². The summed E-state index contributed by atoms with van der Waals surface area (Å²) in [7, 11) is 0. The normalized spacial score (nSPS) is 14.2. The number of benzene rings is 1. The van der Waals surface area contributed by atoms with Gasteiger partial charge in [-0.15, -0.1) is 10.2 Å². The second-order valence-corrected chi connectivity index (χ2v) is 4.97. The topological polar surface area (TPSA) is 66.0 Å². The number of hydrogen-bond acceptors (Lipinski definition) is 4. The molecule has 0 radical (unpaired) electrons. The first-order valence-corrected chi connectivity index (χ1v) is 6.64. The zero-order valence-electron chi connectivity index (χ0n) is 11.1. The summed E-state index contributed by atoms with van der Waals surface area (Å²) in [5.41, 5.74) is 7.73. The zero-order valence-corrected chi connectivity index (χ0v) is 11.1. The van der Waals surface area contributed by atoms with Crippen LogP contribution < -0.4 is 10.5 Å². The van der Waals surface area contributed by atoms with E-state index in [-0.39, 0.29) is 0 Å². The summed E-state index contributed by atoms with van der Waals surface area (Å²) in [6.45, 7) is 3.42. The van der Waals surface area contributed by atoms with Crippen molar-refractivity contribution in [3.8, 4) is 5.75 Å². The molecule has 0 bridgehead atoms. The lowest BCUT2D eigenvalue weighted by atomic mass is 10.2. The van der Waals surface area contributed by atoms with E-state index in [9.17, 15) is 0 Å². The SMILES string of the molecule is Cc1ccc(OCc2nnc3n2CCCC3)c(N)c1. The van der Waals surface area contributed by atoms with E-state index in [0.29, 0.717) is 18.0 Å². The minimum Gasteiger partial charge on any atom is -0.483 e. The molecule has 0 atom stereocenters. The molecule has 1 aromatic carbocycles. The molecule has 3 rings (SSSR count). The van der Waals surface area contributed by atoms with Gasteiger partial charge in [-0.1, -0.05) is 6.07 Å². The van der Waals surface area contributed by atoms with Gasteiger partial charge in [0.15, 0.2) is 5.82 Å². The Labute approximate surface area is 112 Å². The maximum atomic E-state index is 5.93. The summed E-state index contributed by atoms with van der Waals surface area (Å²) in [5.74, 6) is 2.66. The van der Waals surface area contributed by atoms with Crippen LogP contribution in [0.4, 0.5) is 5.69 Å². The second kappa shape index (κ2) is 4.91. The van der Waals surface area contributed by atoms with Crippen LogP contribution in [0, 0.1) is 6.92 Å². The van der Waals surface area contributed by atoms with Crippen molar-refractivity contribution in [1.82, 2.24) is 14.8 Å². The Kier molecular flexibility index (Phi) is 3.11. The predicted octanol–water partition coefficient (Wildman–Crippen LogP) is 2.08. The molecule has 19 heavy (non-hydrogen) atoms. The van der Waals surface area contributed by atoms with Crippen LogP contribution in [0.3, 0.4) is 0 Å². The van der Waals surface area contributed by atoms with Gasteiger partial charge in [-0.2, -0.15) is 0 Å². The maximum Gasteiger partial charge on any atom is 0.171 e. The number of aromatic nitrogens is 3. The fraction of sp³-hybridized carbons (Fsp3) is 0.429. The first-order valence-electron chi connectivity index (χ1n) is 6.64. The third-order valence-electron chi connectivity index (χ3n) is 3.46. The molecule has 1 aliphatic rings. The Bertz CT molecular complexity index is 591. The first-order chi connectivity index (χ1) is 9.24. The Morgan fingerprint density at radius 1 is 1.32 bits per heavy atom. The summed E-state index contributed by atoms with van der Waals surface area (Å²) in [5, 5.41) is 8.41. The summed E-state index contributed by atoms with van der Waals surface area (Å²) < 4.78 is 7.91. The van der Waals surface area contributed by atoms with Crippen LogP contribution in [-0.4, -0.2) is 14.8 Å². The van der Waals surface area contributed by atoms with E-state index < -0.39 is 0 Å². The summed E-state index contributed by atoms with van der Waals surface area (Å²) in [6, 6.07) is 5.80. The van der Waals surface area contributed by atoms with Gasteiger partial charge in [0, 0.05) is 13.0 Å². The van der Waals surface area contributed by atoms with E-state index in [0.717, 1.165) is 30.2 Å². The van der Waals surface area contributed by atoms with Crippen LogP contribution >= 0.6 is 0 Å². The molecule has 0 aliphatic carbocycles. The number of rotatable bonds is 3. The van der Waals surface area contributed by atoms with Crippen molar-refractivity contribution in [2.75, 3.05) is 5.73 Å². The van der Waals surface area contributed by atoms with Gasteiger partial charge in [0.25, 0.3) is 0 Å². The molecule has 0 fully saturated rings. The molecular weight excluding hydrogens is 240 g/mol. The van der Waals surface area contributed by atoms with Crippen LogP contribution in [0.2, 0.25) is 0 Å². The van der Waals surface area contributed by atoms with Gasteiger partial charge in [-0.05, 0) is 37.5 Å². The highest BCUT2D eigenvalue weighted by atomic mass is 16.5. The number of aryl methyl sites for hydroxylation is 2. The zero-order chi connectivity index (χ0) is 13.2. The van der Waals surface area contributed by atoms with E-state index in [4.69, 9.17) is 10.5 Å². The lowest BCUT2D eigenvalue weighted by Gasteiger charge is -2.15. The van der Waals surface area contributed by atoms with Gasteiger partial charge < -0.3 is 15.0 Å². The molecule has 0 saturated heterocycles. The number of nitrogen functional groups attached to an aromatic ring is 1. The van der Waals surface area contributed by atoms with Gasteiger partial charge in [0.2, 0.25) is 0 Å². The number of ether oxygens (including phenoxy) is 1. The quantitative estimate of drug-likeness (QED) is 0.856. The van der Waals surface area contributed by atoms with E-state index in [1.807, 2.05) is 25.1 Å². The molecule has 5 heteroatoms. The van der Waals surface area contributed by atoms with Crippen LogP contribution in [-0.2, 0) is 19.6 Å². The molecule has 2 heterocycles. The third-order valence-corrected chi connectivity index (χ3v) is 3.46. The third kappa shape index (κ3) is 2.41. The standard InChI is InChI=1S/C14H18N4O/c1-10-5-6-12(11(15)8-10)19-9-14-17-16-13-4-2-3-7-18(13)14/h5-6,8H,2-4,7,9,15H2,1H3. The highest BCUT2D eigenvalue weighted by molar-refractivity contribution is 5.53. The van der Waals surface area contributed by atoms with E-state index in [1.54, 1.807) is 0 Å². The maximum absolute atomic E-state index is 5.93. The van der Waals surface area contributed by atoms with Crippen molar-refractivity contribution in [1.29, 1.82) is 0 Å². The molecule has 2 aromatic rings. The number of nitrogens with two attached hydrogens (primary N) is 1. The van der Waals surface area contributed by atoms with E-state index >= 15 is 0 Å². The average Bonchev–Trinajstić information content (AvgIpc) is 2.81. The molecule has 0 unspecified atom stereocenters. The summed E-state index contributed by atoms with van der Waals surface area (Å²) >= 11 is 0. The lowest BCUT2D eigenvalue weighted by molar-refractivity contribution is 0.287. The monoisotopic (exact) mass is 258 g/mol. The minimum atomic E-state index is 0.417. The highest BCUT2D eigenvalue weighted by Gasteiger charge is 2.16. The number of nitrogens with zero attached hydrogens (tertiary/aromatic N) is 3. The molecule has 2 N–H and O–H groups in total. The predicted molar refractivity (Wildman–Crippen MR) is 72.9 cm³/mol. The summed E-state index contributed by atoms with van der Waals surface area (Å²) in [6.07, 6.45) is 3.40. The molecule has 0 saturated carbocycles. The molecule has 0 amide bonds. The fourth-order valence-electron chi connectivity index (χ4n) is 2.42. The van der Waals surface area contributed by atoms with Crippen molar-refractivity contribution >= 4 is 5.69 Å². The Morgan fingerprint density at radius 2 is 2.21 bits per heavy atom. The number of hydrogen-bond donors (Lipinski definition) is 1. The first kappa shape index (κ1) is 12.0. The molecule has 100 valence electrons. The van der Waals surface area contributed by atoms with Gasteiger partial charge >= 0.3 is 0 Å². The Morgan fingerprint density at radius 3 is 3.05 bits per heavy atom. The Hall–Kier alpha value is -2.04. The van der Waals surface area contributed by atoms with Crippen molar-refractivity contribution in [3.63, 3.8) is 0 Å². The average molecular weight is 258 g/mol. The fourth-order valence-corrected chi connectivity index (χ4v) is 2.42. The van der Waals surface area contributed by atoms with Crippen molar-refractivity contribution in [3.05, 3.63) is 35.4 Å². The molecule has 0 spiro atoms. The molecule has 1 aliphatic heterocycles. The van der Waals surface area contributed by atoms with Gasteiger partial charge in [-0.3, -0.25) is 0 Å². The van der Waals surface area contributed by atoms with Crippen LogP contribution in [0.5, 0.6) is 5.75 Å². The van der Waals surface area contributed by atoms with Crippen LogP contribution in [0.15, 0.2) is 18.2 Å². The van der Waals surface area contributed by atoms with E-state index in [2.05, 4.69) is 14.8 Å². The second-order valence-electron chi connectivity index (χ2n) is 4.97. The van der Waals surface area contributed by atoms with Gasteiger partial charge in [0.1, 0.15) is 18.2 Å².